The van der Waals surface area contributed by atoms with Crippen molar-refractivity contribution in [3.8, 4) is 11.8 Å². The van der Waals surface area contributed by atoms with Gasteiger partial charge in [0, 0.05) is 6.54 Å². The predicted molar refractivity (Wildman–Crippen MR) is 85.6 cm³/mol. The second-order valence-corrected chi connectivity index (χ2v) is 5.14. The summed E-state index contributed by atoms with van der Waals surface area (Å²) in [6.45, 7) is 0.0228. The lowest BCUT2D eigenvalue weighted by Gasteiger charge is -2.12. The monoisotopic (exact) mass is 328 g/mol. The maximum absolute atomic E-state index is 12.8. The molecule has 124 valence electrons. The van der Waals surface area contributed by atoms with E-state index in [9.17, 15) is 14.3 Å². The molecule has 5 nitrogen and oxygen atoms in total. The lowest BCUT2D eigenvalue weighted by atomic mass is 10.1. The molecule has 0 saturated carbocycles. The molecule has 1 amide bonds. The van der Waals surface area contributed by atoms with E-state index in [-0.39, 0.29) is 31.3 Å². The Hall–Kier alpha value is -2.91. The van der Waals surface area contributed by atoms with Crippen molar-refractivity contribution in [2.24, 2.45) is 0 Å². The van der Waals surface area contributed by atoms with Crippen LogP contribution in [-0.4, -0.2) is 24.2 Å². The second kappa shape index (κ2) is 8.65. The van der Waals surface area contributed by atoms with Crippen LogP contribution in [0.5, 0.6) is 5.75 Å². The van der Waals surface area contributed by atoms with Crippen molar-refractivity contribution in [3.05, 3.63) is 65.5 Å². The van der Waals surface area contributed by atoms with Crippen LogP contribution in [0.25, 0.3) is 0 Å². The molecular weight excluding hydrogens is 311 g/mol. The lowest BCUT2D eigenvalue weighted by Crippen LogP contribution is -2.29. The van der Waals surface area contributed by atoms with Gasteiger partial charge in [-0.2, -0.15) is 5.26 Å². The Morgan fingerprint density at radius 1 is 1.21 bits per heavy atom. The minimum Gasteiger partial charge on any atom is -0.479 e. The molecule has 2 aromatic carbocycles. The van der Waals surface area contributed by atoms with E-state index in [1.165, 1.54) is 24.3 Å². The Morgan fingerprint density at radius 2 is 1.88 bits per heavy atom. The van der Waals surface area contributed by atoms with Crippen LogP contribution in [0.1, 0.15) is 17.2 Å². The number of ether oxygens (including phenoxy) is 1. The standard InChI is InChI=1S/C18H17FN2O3/c19-15-5-3-14(4-6-15)17(22)12-21-18(23)11-13-1-7-16(8-2-13)24-10-9-20/h1-8,17,22H,10-12H2,(H,21,23). The third-order valence-electron chi connectivity index (χ3n) is 3.34. The zero-order chi connectivity index (χ0) is 17.4. The summed E-state index contributed by atoms with van der Waals surface area (Å²) in [6.07, 6.45) is -0.731. The van der Waals surface area contributed by atoms with Crippen LogP contribution in [0.2, 0.25) is 0 Å². The van der Waals surface area contributed by atoms with E-state index in [0.717, 1.165) is 5.56 Å². The number of nitriles is 1. The highest BCUT2D eigenvalue weighted by molar-refractivity contribution is 5.78. The van der Waals surface area contributed by atoms with Gasteiger partial charge >= 0.3 is 0 Å². The van der Waals surface area contributed by atoms with E-state index in [2.05, 4.69) is 5.32 Å². The molecule has 2 aromatic rings. The number of aliphatic hydroxyl groups excluding tert-OH is 1. The van der Waals surface area contributed by atoms with Gasteiger partial charge in [0.25, 0.3) is 0 Å². The molecule has 6 heteroatoms. The first-order valence-electron chi connectivity index (χ1n) is 7.37. The van der Waals surface area contributed by atoms with Crippen LogP contribution in [0.3, 0.4) is 0 Å². The summed E-state index contributed by atoms with van der Waals surface area (Å²) in [6, 6.07) is 14.2. The number of hydrogen-bond donors (Lipinski definition) is 2. The van der Waals surface area contributed by atoms with Crippen LogP contribution in [-0.2, 0) is 11.2 Å². The average Bonchev–Trinajstić information content (AvgIpc) is 2.59. The zero-order valence-corrected chi connectivity index (χ0v) is 12.9. The van der Waals surface area contributed by atoms with Gasteiger partial charge < -0.3 is 15.2 Å². The minimum atomic E-state index is -0.892. The van der Waals surface area contributed by atoms with Crippen molar-refractivity contribution in [1.29, 1.82) is 5.26 Å². The van der Waals surface area contributed by atoms with Gasteiger partial charge in [-0.3, -0.25) is 4.79 Å². The number of aliphatic hydroxyl groups is 1. The zero-order valence-electron chi connectivity index (χ0n) is 12.9. The normalized spacial score (nSPS) is 11.4. The first-order valence-corrected chi connectivity index (χ1v) is 7.37. The van der Waals surface area contributed by atoms with Crippen molar-refractivity contribution >= 4 is 5.91 Å². The number of carbonyl (C=O) groups excluding carboxylic acids is 1. The van der Waals surface area contributed by atoms with Crippen molar-refractivity contribution in [3.63, 3.8) is 0 Å². The SMILES string of the molecule is N#CCOc1ccc(CC(=O)NCC(O)c2ccc(F)cc2)cc1. The number of benzene rings is 2. The third-order valence-corrected chi connectivity index (χ3v) is 3.34. The van der Waals surface area contributed by atoms with Gasteiger partial charge in [0.2, 0.25) is 5.91 Å². The van der Waals surface area contributed by atoms with Crippen molar-refractivity contribution in [2.45, 2.75) is 12.5 Å². The van der Waals surface area contributed by atoms with Gasteiger partial charge in [-0.15, -0.1) is 0 Å². The van der Waals surface area contributed by atoms with E-state index in [1.54, 1.807) is 24.3 Å². The Balaban J connectivity index is 1.80. The van der Waals surface area contributed by atoms with E-state index in [4.69, 9.17) is 10.00 Å². The molecule has 2 N–H and O–H groups in total. The molecule has 0 saturated heterocycles. The van der Waals surface area contributed by atoms with E-state index >= 15 is 0 Å². The number of hydrogen-bond acceptors (Lipinski definition) is 4. The summed E-state index contributed by atoms with van der Waals surface area (Å²) in [4.78, 5) is 11.9. The highest BCUT2D eigenvalue weighted by Gasteiger charge is 2.10. The number of amides is 1. The molecule has 0 aliphatic carbocycles. The maximum atomic E-state index is 12.8. The molecule has 1 unspecified atom stereocenters. The summed E-state index contributed by atoms with van der Waals surface area (Å²) >= 11 is 0. The number of halogens is 1. The maximum Gasteiger partial charge on any atom is 0.224 e. The molecule has 0 heterocycles. The smallest absolute Gasteiger partial charge is 0.224 e. The van der Waals surface area contributed by atoms with E-state index in [1.807, 2.05) is 6.07 Å². The number of nitrogens with zero attached hydrogens (tertiary/aromatic N) is 1. The number of rotatable bonds is 7. The lowest BCUT2D eigenvalue weighted by molar-refractivity contribution is -0.120. The van der Waals surface area contributed by atoms with E-state index < -0.39 is 6.10 Å². The minimum absolute atomic E-state index is 0.0267. The summed E-state index contributed by atoms with van der Waals surface area (Å²) in [5, 5.41) is 21.0. The summed E-state index contributed by atoms with van der Waals surface area (Å²) in [5.74, 6) is -0.0496. The molecule has 1 atom stereocenters. The molecular formula is C18H17FN2O3. The van der Waals surface area contributed by atoms with Crippen LogP contribution >= 0.6 is 0 Å². The fourth-order valence-corrected chi connectivity index (χ4v) is 2.08. The Kier molecular flexibility index (Phi) is 6.29. The van der Waals surface area contributed by atoms with Gasteiger partial charge in [-0.25, -0.2) is 4.39 Å². The highest BCUT2D eigenvalue weighted by atomic mass is 19.1. The molecule has 0 spiro atoms. The summed E-state index contributed by atoms with van der Waals surface area (Å²) in [5.41, 5.74) is 1.32. The second-order valence-electron chi connectivity index (χ2n) is 5.14. The van der Waals surface area contributed by atoms with Gasteiger partial charge in [0.05, 0.1) is 12.5 Å². The molecule has 0 fully saturated rings. The largest absolute Gasteiger partial charge is 0.479 e. The molecule has 2 rings (SSSR count). The molecule has 0 radical (unpaired) electrons. The fraction of sp³-hybridized carbons (Fsp3) is 0.222. The predicted octanol–water partition coefficient (Wildman–Crippen LogP) is 2.12. The third kappa shape index (κ3) is 5.38. The first kappa shape index (κ1) is 17.4. The Morgan fingerprint density at radius 3 is 2.50 bits per heavy atom. The summed E-state index contributed by atoms with van der Waals surface area (Å²) < 4.78 is 18.0. The first-order chi connectivity index (χ1) is 11.6. The number of nitrogens with one attached hydrogen (secondary N) is 1. The summed E-state index contributed by atoms with van der Waals surface area (Å²) in [7, 11) is 0. The van der Waals surface area contributed by atoms with E-state index in [0.29, 0.717) is 11.3 Å². The van der Waals surface area contributed by atoms with Crippen molar-refractivity contribution in [1.82, 2.24) is 5.32 Å². The molecule has 0 bridgehead atoms. The van der Waals surface area contributed by atoms with Gasteiger partial charge in [-0.05, 0) is 35.4 Å². The van der Waals surface area contributed by atoms with Crippen LogP contribution in [0.15, 0.2) is 48.5 Å². The van der Waals surface area contributed by atoms with Crippen molar-refractivity contribution < 1.29 is 19.0 Å². The quantitative estimate of drug-likeness (QED) is 0.815. The average molecular weight is 328 g/mol. The molecule has 0 aliphatic rings. The molecule has 0 aliphatic heterocycles. The van der Waals surface area contributed by atoms with Gasteiger partial charge in [-0.1, -0.05) is 24.3 Å². The topological polar surface area (TPSA) is 82.3 Å². The fourth-order valence-electron chi connectivity index (χ4n) is 2.08. The van der Waals surface area contributed by atoms with Crippen LogP contribution in [0, 0.1) is 17.1 Å². The molecule has 0 aromatic heterocycles. The van der Waals surface area contributed by atoms with Crippen LogP contribution in [0.4, 0.5) is 4.39 Å². The Bertz CT molecular complexity index is 709. The van der Waals surface area contributed by atoms with Crippen molar-refractivity contribution in [2.75, 3.05) is 13.2 Å². The van der Waals surface area contributed by atoms with Gasteiger partial charge in [0.1, 0.15) is 17.6 Å². The highest BCUT2D eigenvalue weighted by Crippen LogP contribution is 2.14. The number of carbonyl (C=O) groups is 1. The van der Waals surface area contributed by atoms with Crippen LogP contribution < -0.4 is 10.1 Å². The Labute approximate surface area is 139 Å². The molecule has 24 heavy (non-hydrogen) atoms. The van der Waals surface area contributed by atoms with Gasteiger partial charge in [0.15, 0.2) is 6.61 Å².